The summed E-state index contributed by atoms with van der Waals surface area (Å²) in [6.07, 6.45) is 0.626. The fraction of sp³-hybridized carbons (Fsp3) is 0.267. The van der Waals surface area contributed by atoms with Crippen molar-refractivity contribution in [1.29, 1.82) is 0 Å². The molecule has 2 heterocycles. The fourth-order valence-electron chi connectivity index (χ4n) is 2.24. The van der Waals surface area contributed by atoms with Crippen LogP contribution < -0.4 is 16.0 Å². The van der Waals surface area contributed by atoms with E-state index in [1.807, 2.05) is 6.92 Å². The number of halogens is 1. The average molecular weight is 334 g/mol. The van der Waals surface area contributed by atoms with Gasteiger partial charge < -0.3 is 16.0 Å². The minimum absolute atomic E-state index is 0.261. The number of aryl methyl sites for hydroxylation is 1. The van der Waals surface area contributed by atoms with Crippen LogP contribution in [-0.2, 0) is 11.2 Å². The van der Waals surface area contributed by atoms with Crippen molar-refractivity contribution in [3.63, 3.8) is 0 Å². The van der Waals surface area contributed by atoms with E-state index in [4.69, 9.17) is 0 Å². The Bertz CT molecular complexity index is 744. The summed E-state index contributed by atoms with van der Waals surface area (Å²) in [7, 11) is 0. The molecule has 1 saturated heterocycles. The highest BCUT2D eigenvalue weighted by atomic mass is 32.1. The normalized spacial score (nSPS) is 16.8. The molecule has 8 heteroatoms. The number of nitrogens with zero attached hydrogens (tertiary/aromatic N) is 1. The third-order valence-electron chi connectivity index (χ3n) is 3.49. The van der Waals surface area contributed by atoms with E-state index in [0.717, 1.165) is 16.1 Å². The topological polar surface area (TPSA) is 83.1 Å². The zero-order valence-electron chi connectivity index (χ0n) is 12.4. The summed E-state index contributed by atoms with van der Waals surface area (Å²) in [4.78, 5) is 28.4. The molecule has 0 bridgehead atoms. The van der Waals surface area contributed by atoms with Gasteiger partial charge in [0.15, 0.2) is 5.13 Å². The molecular weight excluding hydrogens is 319 g/mol. The van der Waals surface area contributed by atoms with Crippen LogP contribution in [0.1, 0.15) is 16.1 Å². The number of thiazole rings is 1. The Morgan fingerprint density at radius 2 is 2.17 bits per heavy atom. The van der Waals surface area contributed by atoms with Crippen LogP contribution in [-0.4, -0.2) is 29.5 Å². The van der Waals surface area contributed by atoms with Crippen molar-refractivity contribution in [1.82, 2.24) is 15.6 Å². The van der Waals surface area contributed by atoms with Crippen molar-refractivity contribution in [2.24, 2.45) is 0 Å². The van der Waals surface area contributed by atoms with E-state index in [9.17, 15) is 14.0 Å². The second-order valence-electron chi connectivity index (χ2n) is 5.23. The lowest BCUT2D eigenvalue weighted by molar-refractivity contribution is -0.117. The number of carbonyl (C=O) groups excluding carboxylic acids is 2. The smallest absolute Gasteiger partial charge is 0.315 e. The number of aromatic nitrogens is 1. The Labute approximate surface area is 136 Å². The van der Waals surface area contributed by atoms with E-state index in [1.165, 1.54) is 23.5 Å². The molecule has 120 valence electrons. The third kappa shape index (κ3) is 3.65. The number of nitrogens with one attached hydrogen (secondary N) is 3. The highest BCUT2D eigenvalue weighted by Crippen LogP contribution is 2.25. The number of carbonyl (C=O) groups is 2. The summed E-state index contributed by atoms with van der Waals surface area (Å²) in [6.45, 7) is 2.13. The Kier molecular flexibility index (Phi) is 4.24. The number of urea groups is 1. The van der Waals surface area contributed by atoms with Gasteiger partial charge in [-0.05, 0) is 24.6 Å². The van der Waals surface area contributed by atoms with Crippen molar-refractivity contribution in [3.05, 3.63) is 46.2 Å². The molecule has 6 nitrogen and oxygen atoms in total. The van der Waals surface area contributed by atoms with Crippen LogP contribution in [0.15, 0.2) is 24.3 Å². The summed E-state index contributed by atoms with van der Waals surface area (Å²) >= 11 is 1.38. The first kappa shape index (κ1) is 15.4. The number of rotatable bonds is 4. The van der Waals surface area contributed by atoms with Crippen molar-refractivity contribution < 1.29 is 14.0 Å². The summed E-state index contributed by atoms with van der Waals surface area (Å²) in [5.74, 6) is -0.569. The van der Waals surface area contributed by atoms with Gasteiger partial charge in [0.05, 0.1) is 5.69 Å². The first-order valence-corrected chi connectivity index (χ1v) is 7.89. The second kappa shape index (κ2) is 6.33. The van der Waals surface area contributed by atoms with Gasteiger partial charge in [-0.25, -0.2) is 14.2 Å². The Morgan fingerprint density at radius 1 is 1.43 bits per heavy atom. The summed E-state index contributed by atoms with van der Waals surface area (Å²) in [6, 6.07) is 5.36. The van der Waals surface area contributed by atoms with Crippen LogP contribution in [0, 0.1) is 12.7 Å². The minimum atomic E-state index is -0.591. The molecule has 1 aliphatic rings. The maximum absolute atomic E-state index is 12.9. The van der Waals surface area contributed by atoms with E-state index < -0.39 is 6.04 Å². The van der Waals surface area contributed by atoms with Gasteiger partial charge >= 0.3 is 6.03 Å². The fourth-order valence-corrected chi connectivity index (χ4v) is 3.24. The molecule has 1 aromatic heterocycles. The van der Waals surface area contributed by atoms with Gasteiger partial charge in [-0.2, -0.15) is 0 Å². The quantitative estimate of drug-likeness (QED) is 0.797. The molecule has 2 aromatic rings. The zero-order valence-corrected chi connectivity index (χ0v) is 13.2. The average Bonchev–Trinajstić information content (AvgIpc) is 3.08. The molecule has 1 atom stereocenters. The highest BCUT2D eigenvalue weighted by Gasteiger charge is 2.27. The van der Waals surface area contributed by atoms with Crippen LogP contribution in [0.5, 0.6) is 0 Å². The number of benzene rings is 1. The molecule has 3 N–H and O–H groups in total. The maximum atomic E-state index is 12.9. The van der Waals surface area contributed by atoms with Crippen LogP contribution >= 0.6 is 11.3 Å². The Morgan fingerprint density at radius 3 is 2.83 bits per heavy atom. The monoisotopic (exact) mass is 334 g/mol. The van der Waals surface area contributed by atoms with Gasteiger partial charge in [-0.1, -0.05) is 12.1 Å². The van der Waals surface area contributed by atoms with Gasteiger partial charge in [-0.15, -0.1) is 11.3 Å². The highest BCUT2D eigenvalue weighted by molar-refractivity contribution is 7.15. The molecule has 0 radical (unpaired) electrons. The van der Waals surface area contributed by atoms with Crippen molar-refractivity contribution in [2.45, 2.75) is 19.4 Å². The van der Waals surface area contributed by atoms with Gasteiger partial charge in [0, 0.05) is 17.8 Å². The molecule has 0 aliphatic carbocycles. The lowest BCUT2D eigenvalue weighted by Gasteiger charge is -2.06. The van der Waals surface area contributed by atoms with Crippen molar-refractivity contribution >= 4 is 28.4 Å². The molecule has 3 rings (SSSR count). The lowest BCUT2D eigenvalue weighted by Crippen LogP contribution is -2.38. The number of anilines is 1. The summed E-state index contributed by atoms with van der Waals surface area (Å²) < 4.78 is 12.9. The van der Waals surface area contributed by atoms with E-state index in [0.29, 0.717) is 11.6 Å². The number of amides is 3. The first-order chi connectivity index (χ1) is 11.0. The van der Waals surface area contributed by atoms with Crippen LogP contribution in [0.2, 0.25) is 0 Å². The molecular formula is C15H15FN4O2S. The second-order valence-corrected chi connectivity index (χ2v) is 6.31. The van der Waals surface area contributed by atoms with E-state index in [1.54, 1.807) is 12.1 Å². The van der Waals surface area contributed by atoms with Crippen molar-refractivity contribution in [2.75, 3.05) is 11.9 Å². The molecule has 23 heavy (non-hydrogen) atoms. The van der Waals surface area contributed by atoms with Gasteiger partial charge in [0.25, 0.3) is 5.91 Å². The summed E-state index contributed by atoms with van der Waals surface area (Å²) in [5, 5.41) is 8.26. The zero-order chi connectivity index (χ0) is 16.4. The molecule has 0 saturated carbocycles. The largest absolute Gasteiger partial charge is 0.336 e. The molecule has 0 unspecified atom stereocenters. The maximum Gasteiger partial charge on any atom is 0.315 e. The predicted molar refractivity (Wildman–Crippen MR) is 85.0 cm³/mol. The third-order valence-corrected chi connectivity index (χ3v) is 4.56. The van der Waals surface area contributed by atoms with E-state index in [2.05, 4.69) is 20.9 Å². The number of hydrogen-bond donors (Lipinski definition) is 3. The number of hydrogen-bond acceptors (Lipinski definition) is 4. The predicted octanol–water partition coefficient (Wildman–Crippen LogP) is 1.80. The minimum Gasteiger partial charge on any atom is -0.336 e. The lowest BCUT2D eigenvalue weighted by atomic mass is 10.1. The van der Waals surface area contributed by atoms with Gasteiger partial charge in [0.1, 0.15) is 11.9 Å². The Balaban J connectivity index is 1.67. The Hall–Kier alpha value is -2.48. The van der Waals surface area contributed by atoms with E-state index in [-0.39, 0.29) is 24.3 Å². The summed E-state index contributed by atoms with van der Waals surface area (Å²) in [5.41, 5.74) is 1.80. The molecule has 3 amide bonds. The molecule has 1 aromatic carbocycles. The molecule has 1 aliphatic heterocycles. The van der Waals surface area contributed by atoms with Crippen LogP contribution in [0.3, 0.4) is 0 Å². The van der Waals surface area contributed by atoms with E-state index >= 15 is 0 Å². The van der Waals surface area contributed by atoms with Crippen LogP contribution in [0.25, 0.3) is 0 Å². The van der Waals surface area contributed by atoms with Crippen LogP contribution in [0.4, 0.5) is 14.3 Å². The first-order valence-electron chi connectivity index (χ1n) is 7.07. The standard InChI is InChI=1S/C15H15FN4O2S/c1-8-12(6-9-2-4-10(16)5-3-9)23-15(18-8)20-13(21)11-7-17-14(22)19-11/h2-5,11H,6-7H2,1H3,(H2,17,19,22)(H,18,20,21)/t11-/m1/s1. The van der Waals surface area contributed by atoms with Crippen molar-refractivity contribution in [3.8, 4) is 0 Å². The molecule has 0 spiro atoms. The molecule has 1 fully saturated rings. The SMILES string of the molecule is Cc1nc(NC(=O)[C@H]2CNC(=O)N2)sc1Cc1ccc(F)cc1. The van der Waals surface area contributed by atoms with Gasteiger partial charge in [0.2, 0.25) is 0 Å². The van der Waals surface area contributed by atoms with Gasteiger partial charge in [-0.3, -0.25) is 4.79 Å².